The third-order valence-electron chi connectivity index (χ3n) is 6.30. The molecule has 0 N–H and O–H groups in total. The van der Waals surface area contributed by atoms with Crippen molar-refractivity contribution >= 4 is 0 Å². The molecular weight excluding hydrogens is 316 g/mol. The SMILES string of the molecule is CO[C@H](c1ccccc1)C1CCC(C)=C(CCc2ccccc2)C1(C)C. The molecule has 26 heavy (non-hydrogen) atoms. The summed E-state index contributed by atoms with van der Waals surface area (Å²) in [6, 6.07) is 21.6. The van der Waals surface area contributed by atoms with Crippen LogP contribution in [-0.4, -0.2) is 7.11 Å². The Hall–Kier alpha value is -1.86. The number of hydrogen-bond acceptors (Lipinski definition) is 1. The standard InChI is InChI=1S/C25H32O/c1-19-15-17-23(24(26-4)21-13-9-6-10-14-21)25(2,3)22(19)18-16-20-11-7-5-8-12-20/h5-14,23-24H,15-18H2,1-4H3/t23?,24-/m1/s1. The third kappa shape index (κ3) is 3.94. The van der Waals surface area contributed by atoms with Crippen LogP contribution in [-0.2, 0) is 11.2 Å². The second-order valence-corrected chi connectivity index (χ2v) is 8.18. The Morgan fingerprint density at radius 2 is 1.58 bits per heavy atom. The minimum Gasteiger partial charge on any atom is -0.376 e. The van der Waals surface area contributed by atoms with E-state index in [1.165, 1.54) is 24.0 Å². The summed E-state index contributed by atoms with van der Waals surface area (Å²) in [5.41, 5.74) is 6.10. The first-order chi connectivity index (χ1) is 12.5. The maximum absolute atomic E-state index is 6.04. The Balaban J connectivity index is 1.84. The van der Waals surface area contributed by atoms with Crippen LogP contribution in [0.15, 0.2) is 71.8 Å². The lowest BCUT2D eigenvalue weighted by atomic mass is 9.61. The van der Waals surface area contributed by atoms with Crippen molar-refractivity contribution in [3.8, 4) is 0 Å². The molecule has 0 bridgehead atoms. The molecule has 1 aliphatic carbocycles. The minimum atomic E-state index is 0.146. The summed E-state index contributed by atoms with van der Waals surface area (Å²) in [5, 5.41) is 0. The van der Waals surface area contributed by atoms with Crippen LogP contribution in [0.3, 0.4) is 0 Å². The highest BCUT2D eigenvalue weighted by Crippen LogP contribution is 2.51. The third-order valence-corrected chi connectivity index (χ3v) is 6.30. The molecular formula is C25H32O. The summed E-state index contributed by atoms with van der Waals surface area (Å²) in [6.07, 6.45) is 4.80. The Morgan fingerprint density at radius 1 is 0.962 bits per heavy atom. The molecule has 138 valence electrons. The Kier molecular flexibility index (Phi) is 5.98. The molecule has 2 aromatic carbocycles. The van der Waals surface area contributed by atoms with E-state index in [1.807, 2.05) is 7.11 Å². The van der Waals surface area contributed by atoms with Gasteiger partial charge in [-0.15, -0.1) is 0 Å². The van der Waals surface area contributed by atoms with Crippen molar-refractivity contribution in [2.75, 3.05) is 7.11 Å². The average molecular weight is 349 g/mol. The van der Waals surface area contributed by atoms with Crippen LogP contribution in [0.4, 0.5) is 0 Å². The van der Waals surface area contributed by atoms with E-state index >= 15 is 0 Å². The molecule has 1 heteroatoms. The van der Waals surface area contributed by atoms with Crippen LogP contribution in [0, 0.1) is 11.3 Å². The zero-order valence-electron chi connectivity index (χ0n) is 16.7. The first-order valence-electron chi connectivity index (χ1n) is 9.84. The summed E-state index contributed by atoms with van der Waals surface area (Å²) >= 11 is 0. The van der Waals surface area contributed by atoms with Crippen molar-refractivity contribution in [2.45, 2.75) is 52.6 Å². The Bertz CT molecular complexity index is 727. The van der Waals surface area contributed by atoms with Gasteiger partial charge in [-0.3, -0.25) is 0 Å². The number of rotatable bonds is 6. The fourth-order valence-electron chi connectivity index (χ4n) is 4.81. The van der Waals surface area contributed by atoms with Gasteiger partial charge in [-0.1, -0.05) is 85.7 Å². The highest BCUT2D eigenvalue weighted by atomic mass is 16.5. The fraction of sp³-hybridized carbons (Fsp3) is 0.440. The molecule has 0 aromatic heterocycles. The molecule has 1 aliphatic rings. The van der Waals surface area contributed by atoms with Crippen LogP contribution in [0.5, 0.6) is 0 Å². The molecule has 2 aromatic rings. The summed E-state index contributed by atoms with van der Waals surface area (Å²) < 4.78 is 6.04. The average Bonchev–Trinajstić information content (AvgIpc) is 2.65. The van der Waals surface area contributed by atoms with Gasteiger partial charge in [-0.2, -0.15) is 0 Å². The molecule has 0 heterocycles. The largest absolute Gasteiger partial charge is 0.376 e. The van der Waals surface area contributed by atoms with Gasteiger partial charge in [0.05, 0.1) is 6.10 Å². The van der Waals surface area contributed by atoms with Crippen molar-refractivity contribution in [3.63, 3.8) is 0 Å². The van der Waals surface area contributed by atoms with Crippen LogP contribution < -0.4 is 0 Å². The van der Waals surface area contributed by atoms with Gasteiger partial charge >= 0.3 is 0 Å². The number of aryl methyl sites for hydroxylation is 1. The van der Waals surface area contributed by atoms with Gasteiger partial charge in [0.1, 0.15) is 0 Å². The zero-order chi connectivity index (χ0) is 18.6. The van der Waals surface area contributed by atoms with Gasteiger partial charge in [-0.05, 0) is 55.1 Å². The van der Waals surface area contributed by atoms with Crippen LogP contribution >= 0.6 is 0 Å². The Labute approximate surface area is 159 Å². The maximum atomic E-state index is 6.04. The van der Waals surface area contributed by atoms with E-state index in [9.17, 15) is 0 Å². The summed E-state index contributed by atoms with van der Waals surface area (Å²) in [5.74, 6) is 0.504. The van der Waals surface area contributed by atoms with Crippen LogP contribution in [0.25, 0.3) is 0 Å². The van der Waals surface area contributed by atoms with Gasteiger partial charge in [0.2, 0.25) is 0 Å². The van der Waals surface area contributed by atoms with Crippen molar-refractivity contribution < 1.29 is 4.74 Å². The predicted molar refractivity (Wildman–Crippen MR) is 110 cm³/mol. The van der Waals surface area contributed by atoms with E-state index in [-0.39, 0.29) is 11.5 Å². The highest BCUT2D eigenvalue weighted by Gasteiger charge is 2.41. The second-order valence-electron chi connectivity index (χ2n) is 8.18. The van der Waals surface area contributed by atoms with Gasteiger partial charge in [0.25, 0.3) is 0 Å². The molecule has 0 aliphatic heterocycles. The van der Waals surface area contributed by atoms with Crippen molar-refractivity contribution in [1.82, 2.24) is 0 Å². The fourth-order valence-corrected chi connectivity index (χ4v) is 4.81. The van der Waals surface area contributed by atoms with Gasteiger partial charge in [0, 0.05) is 7.11 Å². The lowest BCUT2D eigenvalue weighted by Crippen LogP contribution is -2.36. The lowest BCUT2D eigenvalue weighted by molar-refractivity contribution is -0.000794. The number of benzene rings is 2. The van der Waals surface area contributed by atoms with Crippen LogP contribution in [0.1, 0.15) is 57.3 Å². The normalized spacial score (nSPS) is 20.8. The highest BCUT2D eigenvalue weighted by molar-refractivity contribution is 5.29. The molecule has 0 amide bonds. The smallest absolute Gasteiger partial charge is 0.0857 e. The Morgan fingerprint density at radius 3 is 2.19 bits per heavy atom. The topological polar surface area (TPSA) is 9.23 Å². The van der Waals surface area contributed by atoms with Crippen molar-refractivity contribution in [1.29, 1.82) is 0 Å². The lowest BCUT2D eigenvalue weighted by Gasteiger charge is -2.45. The maximum Gasteiger partial charge on any atom is 0.0857 e. The quantitative estimate of drug-likeness (QED) is 0.524. The van der Waals surface area contributed by atoms with Crippen molar-refractivity contribution in [2.24, 2.45) is 11.3 Å². The van der Waals surface area contributed by atoms with E-state index < -0.39 is 0 Å². The van der Waals surface area contributed by atoms with Crippen LogP contribution in [0.2, 0.25) is 0 Å². The van der Waals surface area contributed by atoms with E-state index in [2.05, 4.69) is 81.4 Å². The van der Waals surface area contributed by atoms with E-state index in [0.717, 1.165) is 12.8 Å². The second kappa shape index (κ2) is 8.22. The van der Waals surface area contributed by atoms with E-state index in [1.54, 1.807) is 11.1 Å². The zero-order valence-corrected chi connectivity index (χ0v) is 16.7. The van der Waals surface area contributed by atoms with E-state index in [0.29, 0.717) is 5.92 Å². The molecule has 0 fully saturated rings. The van der Waals surface area contributed by atoms with Gasteiger partial charge in [0.15, 0.2) is 0 Å². The number of allylic oxidation sites excluding steroid dienone is 2. The van der Waals surface area contributed by atoms with Crippen molar-refractivity contribution in [3.05, 3.63) is 82.9 Å². The van der Waals surface area contributed by atoms with Gasteiger partial charge in [-0.25, -0.2) is 0 Å². The summed E-state index contributed by atoms with van der Waals surface area (Å²) in [7, 11) is 1.86. The predicted octanol–water partition coefficient (Wildman–Crippen LogP) is 6.76. The van der Waals surface area contributed by atoms with Gasteiger partial charge < -0.3 is 4.74 Å². The number of methoxy groups -OCH3 is 1. The molecule has 1 nitrogen and oxygen atoms in total. The number of ether oxygens (including phenoxy) is 1. The molecule has 0 radical (unpaired) electrons. The molecule has 3 rings (SSSR count). The molecule has 0 saturated heterocycles. The van der Waals surface area contributed by atoms with E-state index in [4.69, 9.17) is 4.74 Å². The monoisotopic (exact) mass is 348 g/mol. The summed E-state index contributed by atoms with van der Waals surface area (Å²) in [6.45, 7) is 7.19. The number of hydrogen-bond donors (Lipinski definition) is 0. The summed E-state index contributed by atoms with van der Waals surface area (Å²) in [4.78, 5) is 0. The molecule has 2 atom stereocenters. The first kappa shape index (κ1) is 18.9. The molecule has 0 saturated carbocycles. The molecule has 0 spiro atoms. The first-order valence-corrected chi connectivity index (χ1v) is 9.84. The minimum absolute atomic E-state index is 0.146. The molecule has 1 unspecified atom stereocenters.